The van der Waals surface area contributed by atoms with Crippen molar-refractivity contribution in [3.63, 3.8) is 0 Å². The number of anilines is 1. The molecule has 2 rings (SSSR count). The molecule has 4 nitrogen and oxygen atoms in total. The van der Waals surface area contributed by atoms with Gasteiger partial charge in [0.1, 0.15) is 0 Å². The Bertz CT molecular complexity index is 588. The second kappa shape index (κ2) is 3.45. The summed E-state index contributed by atoms with van der Waals surface area (Å²) in [6.07, 6.45) is 0. The summed E-state index contributed by atoms with van der Waals surface area (Å²) >= 11 is 0. The van der Waals surface area contributed by atoms with Crippen molar-refractivity contribution in [3.8, 4) is 0 Å². The minimum atomic E-state index is -0.0486. The van der Waals surface area contributed by atoms with E-state index in [-0.39, 0.29) is 5.41 Å². The molecule has 0 aliphatic carbocycles. The molecule has 0 aromatic carbocycles. The molecule has 2 N–H and O–H groups in total. The van der Waals surface area contributed by atoms with Crippen molar-refractivity contribution in [2.24, 2.45) is 0 Å². The van der Waals surface area contributed by atoms with E-state index in [2.05, 4.69) is 44.7 Å². The van der Waals surface area contributed by atoms with E-state index in [0.29, 0.717) is 5.82 Å². The zero-order valence-electron chi connectivity index (χ0n) is 11.4. The molecule has 0 atom stereocenters. The summed E-state index contributed by atoms with van der Waals surface area (Å²) in [5, 5.41) is 4.41. The van der Waals surface area contributed by atoms with E-state index in [1.807, 2.05) is 11.4 Å². The summed E-state index contributed by atoms with van der Waals surface area (Å²) in [7, 11) is 0. The Balaban J connectivity index is 2.93. The zero-order valence-corrected chi connectivity index (χ0v) is 11.4. The van der Waals surface area contributed by atoms with Crippen molar-refractivity contribution in [3.05, 3.63) is 22.5 Å². The van der Waals surface area contributed by atoms with E-state index in [1.165, 1.54) is 5.56 Å². The molecule has 0 saturated heterocycles. The average molecular weight is 232 g/mol. The molecule has 0 fully saturated rings. The zero-order chi connectivity index (χ0) is 13.0. The van der Waals surface area contributed by atoms with E-state index in [1.54, 1.807) is 0 Å². The van der Waals surface area contributed by atoms with Crippen LogP contribution in [0.4, 0.5) is 5.82 Å². The van der Waals surface area contributed by atoms with Gasteiger partial charge in [0.25, 0.3) is 0 Å². The summed E-state index contributed by atoms with van der Waals surface area (Å²) in [5.74, 6) is 0.582. The van der Waals surface area contributed by atoms with Crippen LogP contribution in [0.5, 0.6) is 0 Å². The minimum Gasteiger partial charge on any atom is -0.382 e. The molecule has 0 saturated carbocycles. The van der Waals surface area contributed by atoms with Crippen LogP contribution in [0.15, 0.2) is 0 Å². The highest BCUT2D eigenvalue weighted by atomic mass is 15.3. The standard InChI is InChI=1S/C13H20N4/c1-7-8(2)15-12-10(13(4,5)6)11(14)16-17(12)9(7)3/h1-6H3,(H2,14,16). The van der Waals surface area contributed by atoms with Gasteiger partial charge in [-0.3, -0.25) is 0 Å². The first-order valence-electron chi connectivity index (χ1n) is 5.86. The Morgan fingerprint density at radius 1 is 1.12 bits per heavy atom. The first kappa shape index (κ1) is 11.9. The number of hydrogen-bond acceptors (Lipinski definition) is 3. The first-order valence-corrected chi connectivity index (χ1v) is 5.86. The van der Waals surface area contributed by atoms with Gasteiger partial charge in [-0.15, -0.1) is 5.10 Å². The molecule has 0 unspecified atom stereocenters. The molecule has 0 aliphatic rings. The third-order valence-corrected chi connectivity index (χ3v) is 3.31. The third-order valence-electron chi connectivity index (χ3n) is 3.31. The number of fused-ring (bicyclic) bond motifs is 1. The Hall–Kier alpha value is -1.58. The number of hydrogen-bond donors (Lipinski definition) is 1. The summed E-state index contributed by atoms with van der Waals surface area (Å²) in [4.78, 5) is 4.64. The number of aromatic nitrogens is 3. The van der Waals surface area contributed by atoms with Gasteiger partial charge in [0.2, 0.25) is 0 Å². The van der Waals surface area contributed by atoms with E-state index >= 15 is 0 Å². The molecule has 92 valence electrons. The van der Waals surface area contributed by atoms with Crippen molar-refractivity contribution in [2.45, 2.75) is 47.0 Å². The van der Waals surface area contributed by atoms with Gasteiger partial charge in [0.15, 0.2) is 11.5 Å². The number of nitrogens with zero attached hydrogens (tertiary/aromatic N) is 3. The summed E-state index contributed by atoms with van der Waals surface area (Å²) in [6, 6.07) is 0. The molecule has 0 radical (unpaired) electrons. The maximum atomic E-state index is 6.04. The average Bonchev–Trinajstić information content (AvgIpc) is 2.51. The molecule has 17 heavy (non-hydrogen) atoms. The van der Waals surface area contributed by atoms with Crippen LogP contribution in [0.3, 0.4) is 0 Å². The SMILES string of the molecule is Cc1nc2c(C(C)(C)C)c(N)nn2c(C)c1C. The van der Waals surface area contributed by atoms with Crippen LogP contribution in [0.1, 0.15) is 43.3 Å². The Kier molecular flexibility index (Phi) is 2.42. The molecule has 0 bridgehead atoms. The third kappa shape index (κ3) is 1.68. The van der Waals surface area contributed by atoms with E-state index < -0.39 is 0 Å². The second-order valence-corrected chi connectivity index (χ2v) is 5.65. The van der Waals surface area contributed by atoms with Crippen molar-refractivity contribution in [1.82, 2.24) is 14.6 Å². The lowest BCUT2D eigenvalue weighted by atomic mass is 9.88. The van der Waals surface area contributed by atoms with Gasteiger partial charge in [-0.05, 0) is 31.7 Å². The van der Waals surface area contributed by atoms with Crippen LogP contribution in [0.25, 0.3) is 5.65 Å². The number of nitrogens with two attached hydrogens (primary N) is 1. The monoisotopic (exact) mass is 232 g/mol. The van der Waals surface area contributed by atoms with Crippen molar-refractivity contribution >= 4 is 11.5 Å². The van der Waals surface area contributed by atoms with Crippen LogP contribution < -0.4 is 5.73 Å². The van der Waals surface area contributed by atoms with Crippen LogP contribution >= 0.6 is 0 Å². The van der Waals surface area contributed by atoms with Crippen LogP contribution in [-0.4, -0.2) is 14.6 Å². The Morgan fingerprint density at radius 2 is 1.71 bits per heavy atom. The van der Waals surface area contributed by atoms with Crippen molar-refractivity contribution in [1.29, 1.82) is 0 Å². The second-order valence-electron chi connectivity index (χ2n) is 5.65. The highest BCUT2D eigenvalue weighted by Crippen LogP contribution is 2.31. The van der Waals surface area contributed by atoms with E-state index in [4.69, 9.17) is 5.73 Å². The fourth-order valence-electron chi connectivity index (χ4n) is 2.15. The number of aryl methyl sites for hydroxylation is 2. The predicted octanol–water partition coefficient (Wildman–Crippen LogP) is 2.53. The fourth-order valence-corrected chi connectivity index (χ4v) is 2.15. The highest BCUT2D eigenvalue weighted by Gasteiger charge is 2.25. The van der Waals surface area contributed by atoms with Crippen molar-refractivity contribution < 1.29 is 0 Å². The topological polar surface area (TPSA) is 56.2 Å². The molecule has 2 aromatic rings. The summed E-state index contributed by atoms with van der Waals surface area (Å²) in [6.45, 7) is 12.5. The van der Waals surface area contributed by atoms with Gasteiger partial charge in [0.05, 0.1) is 0 Å². The molecule has 4 heteroatoms. The van der Waals surface area contributed by atoms with Gasteiger partial charge >= 0.3 is 0 Å². The molecular weight excluding hydrogens is 212 g/mol. The first-order chi connectivity index (χ1) is 7.73. The van der Waals surface area contributed by atoms with Gasteiger partial charge in [-0.25, -0.2) is 9.50 Å². The van der Waals surface area contributed by atoms with Gasteiger partial charge in [-0.2, -0.15) is 0 Å². The lowest BCUT2D eigenvalue weighted by molar-refractivity contribution is 0.596. The van der Waals surface area contributed by atoms with Crippen LogP contribution in [0.2, 0.25) is 0 Å². The van der Waals surface area contributed by atoms with Crippen molar-refractivity contribution in [2.75, 3.05) is 5.73 Å². The smallest absolute Gasteiger partial charge is 0.161 e. The van der Waals surface area contributed by atoms with Crippen LogP contribution in [-0.2, 0) is 5.41 Å². The highest BCUT2D eigenvalue weighted by molar-refractivity contribution is 5.63. The normalized spacial score (nSPS) is 12.4. The van der Waals surface area contributed by atoms with Gasteiger partial charge in [0, 0.05) is 17.0 Å². The maximum absolute atomic E-state index is 6.04. The lowest BCUT2D eigenvalue weighted by Gasteiger charge is -2.17. The predicted molar refractivity (Wildman–Crippen MR) is 70.3 cm³/mol. The quantitative estimate of drug-likeness (QED) is 0.759. The Labute approximate surface area is 102 Å². The number of rotatable bonds is 0. The molecule has 2 heterocycles. The minimum absolute atomic E-state index is 0.0486. The largest absolute Gasteiger partial charge is 0.382 e. The summed E-state index contributed by atoms with van der Waals surface area (Å²) in [5.41, 5.74) is 11.2. The van der Waals surface area contributed by atoms with Gasteiger partial charge < -0.3 is 5.73 Å². The fraction of sp³-hybridized carbons (Fsp3) is 0.538. The summed E-state index contributed by atoms with van der Waals surface area (Å²) < 4.78 is 1.86. The van der Waals surface area contributed by atoms with Crippen LogP contribution in [0, 0.1) is 20.8 Å². The molecule has 0 aliphatic heterocycles. The molecule has 0 spiro atoms. The molecular formula is C13H20N4. The Morgan fingerprint density at radius 3 is 2.24 bits per heavy atom. The lowest BCUT2D eigenvalue weighted by Crippen LogP contribution is -2.14. The van der Waals surface area contributed by atoms with Gasteiger partial charge in [-0.1, -0.05) is 20.8 Å². The number of nitrogen functional groups attached to an aromatic ring is 1. The maximum Gasteiger partial charge on any atom is 0.161 e. The van der Waals surface area contributed by atoms with E-state index in [9.17, 15) is 0 Å². The van der Waals surface area contributed by atoms with E-state index in [0.717, 1.165) is 22.6 Å². The molecule has 2 aromatic heterocycles. The molecule has 0 amide bonds.